The highest BCUT2D eigenvalue weighted by Crippen LogP contribution is 2.47. The molecular weight excluding hydrogens is 593 g/mol. The van der Waals surface area contributed by atoms with E-state index in [1.54, 1.807) is 24.3 Å². The Kier molecular flexibility index (Phi) is 4.53. The van der Waals surface area contributed by atoms with Crippen molar-refractivity contribution in [2.75, 3.05) is 0 Å². The van der Waals surface area contributed by atoms with Crippen LogP contribution < -0.4 is 0 Å². The van der Waals surface area contributed by atoms with Crippen LogP contribution in [0, 0.1) is 0 Å². The van der Waals surface area contributed by atoms with Crippen LogP contribution in [0.1, 0.15) is 12.3 Å². The third-order valence-electron chi connectivity index (χ3n) is 9.40. The van der Waals surface area contributed by atoms with E-state index in [-0.39, 0.29) is 52.9 Å². The van der Waals surface area contributed by atoms with E-state index in [1.165, 1.54) is 0 Å². The average molecular weight is 632 g/mol. The summed E-state index contributed by atoms with van der Waals surface area (Å²) in [6.45, 7) is 0. The molecule has 0 bridgehead atoms. The van der Waals surface area contributed by atoms with E-state index in [0.717, 1.165) is 65.4 Å². The first-order valence-corrected chi connectivity index (χ1v) is 16.1. The van der Waals surface area contributed by atoms with Crippen molar-refractivity contribution < 1.29 is 16.8 Å². The average Bonchev–Trinajstić information content (AvgIpc) is 3.61. The molecular formula is C48H30O. The highest BCUT2D eigenvalue weighted by molar-refractivity contribution is 6.26. The van der Waals surface area contributed by atoms with Gasteiger partial charge >= 0.3 is 0 Å². The predicted octanol–water partition coefficient (Wildman–Crippen LogP) is 13.7. The van der Waals surface area contributed by atoms with E-state index in [1.807, 2.05) is 72.8 Å². The van der Waals surface area contributed by atoms with Gasteiger partial charge in [0.15, 0.2) is 0 Å². The Labute approximate surface area is 297 Å². The largest absolute Gasteiger partial charge is 0.456 e. The SMILES string of the molecule is [2H]c1c([2H])c([2H])c(-c2ccc(-c3c([2H])c([2H])c(-c4c5ccccc5c(-c5cccc6oc7cc8ccccc8cc7c56)c5ccccc45)c([2H])c3[2H])cc2)c([2H])c1[2H]. The Morgan fingerprint density at radius 3 is 1.53 bits per heavy atom. The van der Waals surface area contributed by atoms with Gasteiger partial charge in [-0.1, -0.05) is 164 Å². The summed E-state index contributed by atoms with van der Waals surface area (Å²) in [5.74, 6) is 0. The van der Waals surface area contributed by atoms with E-state index in [9.17, 15) is 5.48 Å². The van der Waals surface area contributed by atoms with Crippen molar-refractivity contribution in [2.45, 2.75) is 0 Å². The van der Waals surface area contributed by atoms with Gasteiger partial charge in [-0.25, -0.2) is 0 Å². The molecule has 1 heteroatoms. The summed E-state index contributed by atoms with van der Waals surface area (Å²) in [5.41, 5.74) is 5.21. The minimum Gasteiger partial charge on any atom is -0.456 e. The molecule has 0 N–H and O–H groups in total. The zero-order chi connectivity index (χ0) is 40.1. The lowest BCUT2D eigenvalue weighted by Gasteiger charge is -2.18. The van der Waals surface area contributed by atoms with E-state index < -0.39 is 18.1 Å². The molecule has 0 radical (unpaired) electrons. The molecule has 1 nitrogen and oxygen atoms in total. The molecule has 0 aliphatic heterocycles. The van der Waals surface area contributed by atoms with Crippen molar-refractivity contribution >= 4 is 54.3 Å². The lowest BCUT2D eigenvalue weighted by molar-refractivity contribution is 0.669. The Hall–Kier alpha value is -6.44. The molecule has 0 saturated carbocycles. The fourth-order valence-electron chi connectivity index (χ4n) is 7.19. The number of hydrogen-bond acceptors (Lipinski definition) is 1. The van der Waals surface area contributed by atoms with Crippen molar-refractivity contribution in [2.24, 2.45) is 0 Å². The monoisotopic (exact) mass is 631 g/mol. The van der Waals surface area contributed by atoms with Gasteiger partial charge in [0.2, 0.25) is 0 Å². The van der Waals surface area contributed by atoms with Crippen LogP contribution >= 0.6 is 0 Å². The number of hydrogen-bond donors (Lipinski definition) is 0. The first kappa shape index (κ1) is 20.0. The first-order chi connectivity index (χ1) is 28.0. The molecule has 0 amide bonds. The highest BCUT2D eigenvalue weighted by atomic mass is 16.3. The van der Waals surface area contributed by atoms with Crippen LogP contribution in [0.5, 0.6) is 0 Å². The summed E-state index contributed by atoms with van der Waals surface area (Å²) >= 11 is 0. The maximum Gasteiger partial charge on any atom is 0.136 e. The molecule has 10 rings (SSSR count). The predicted molar refractivity (Wildman–Crippen MR) is 208 cm³/mol. The van der Waals surface area contributed by atoms with Gasteiger partial charge < -0.3 is 4.42 Å². The molecule has 49 heavy (non-hydrogen) atoms. The van der Waals surface area contributed by atoms with Gasteiger partial charge in [0.1, 0.15) is 11.2 Å². The number of benzene rings is 9. The van der Waals surface area contributed by atoms with Crippen molar-refractivity contribution in [3.05, 3.63) is 182 Å². The highest BCUT2D eigenvalue weighted by Gasteiger charge is 2.20. The third-order valence-corrected chi connectivity index (χ3v) is 9.40. The zero-order valence-corrected chi connectivity index (χ0v) is 26.0. The number of fused-ring (bicyclic) bond motifs is 6. The molecule has 1 aromatic heterocycles. The van der Waals surface area contributed by atoms with Gasteiger partial charge in [-0.15, -0.1) is 0 Å². The Bertz CT molecular complexity index is 3270. The second kappa shape index (κ2) is 11.1. The van der Waals surface area contributed by atoms with Crippen molar-refractivity contribution in [1.82, 2.24) is 0 Å². The Morgan fingerprint density at radius 1 is 0.367 bits per heavy atom. The molecule has 228 valence electrons. The fraction of sp³-hybridized carbons (Fsp3) is 0. The van der Waals surface area contributed by atoms with E-state index in [0.29, 0.717) is 16.7 Å². The standard InChI is InChI=1S/C48H30O/c1-2-11-31(12-3-1)32-21-23-33(24-22-32)34-25-27-35(28-26-34)46-38-15-6-8-17-40(38)47(41-18-9-7-16-39(41)46)42-19-10-20-44-48(42)43-29-36-13-4-5-14-37(36)30-45(43)49-44/h1-30H/i1D,2D,3D,11D,12D,25D,26D,27D,28D. The van der Waals surface area contributed by atoms with Gasteiger partial charge in [-0.3, -0.25) is 0 Å². The third kappa shape index (κ3) is 4.47. The smallest absolute Gasteiger partial charge is 0.136 e. The van der Waals surface area contributed by atoms with Gasteiger partial charge in [-0.2, -0.15) is 0 Å². The molecule has 10 aromatic rings. The summed E-state index contributed by atoms with van der Waals surface area (Å²) in [6, 6.07) is 37.9. The topological polar surface area (TPSA) is 13.1 Å². The van der Waals surface area contributed by atoms with Crippen LogP contribution in [-0.2, 0) is 0 Å². The summed E-state index contributed by atoms with van der Waals surface area (Å²) in [5, 5.41) is 7.52. The van der Waals surface area contributed by atoms with Gasteiger partial charge in [0.05, 0.1) is 12.3 Å². The van der Waals surface area contributed by atoms with Crippen LogP contribution in [0.4, 0.5) is 0 Å². The van der Waals surface area contributed by atoms with Crippen LogP contribution in [-0.4, -0.2) is 0 Å². The van der Waals surface area contributed by atoms with Crippen LogP contribution in [0.15, 0.2) is 186 Å². The van der Waals surface area contributed by atoms with Crippen molar-refractivity contribution in [1.29, 1.82) is 0 Å². The van der Waals surface area contributed by atoms with Crippen LogP contribution in [0.25, 0.3) is 98.8 Å². The zero-order valence-electron chi connectivity index (χ0n) is 35.0. The summed E-state index contributed by atoms with van der Waals surface area (Å²) in [7, 11) is 0. The summed E-state index contributed by atoms with van der Waals surface area (Å²) in [4.78, 5) is 0. The lowest BCUT2D eigenvalue weighted by Crippen LogP contribution is -1.91. The second-order valence-electron chi connectivity index (χ2n) is 12.1. The number of furan rings is 1. The first-order valence-electron chi connectivity index (χ1n) is 20.6. The van der Waals surface area contributed by atoms with Gasteiger partial charge in [0, 0.05) is 10.8 Å². The molecule has 0 saturated heterocycles. The maximum atomic E-state index is 9.46. The Morgan fingerprint density at radius 2 is 0.898 bits per heavy atom. The molecule has 0 unspecified atom stereocenters. The molecule has 0 spiro atoms. The van der Waals surface area contributed by atoms with Gasteiger partial charge in [-0.05, 0) is 95.0 Å². The summed E-state index contributed by atoms with van der Waals surface area (Å²) < 4.78 is 84.9. The minimum atomic E-state index is -0.480. The summed E-state index contributed by atoms with van der Waals surface area (Å²) in [6.07, 6.45) is 0. The van der Waals surface area contributed by atoms with E-state index in [4.69, 9.17) is 11.3 Å². The minimum absolute atomic E-state index is 0.0420. The van der Waals surface area contributed by atoms with Crippen molar-refractivity contribution in [3.8, 4) is 44.5 Å². The van der Waals surface area contributed by atoms with Crippen molar-refractivity contribution in [3.63, 3.8) is 0 Å². The molecule has 0 aliphatic carbocycles. The van der Waals surface area contributed by atoms with E-state index in [2.05, 4.69) is 30.3 Å². The van der Waals surface area contributed by atoms with Gasteiger partial charge in [0.25, 0.3) is 0 Å². The fourth-order valence-corrected chi connectivity index (χ4v) is 7.19. The van der Waals surface area contributed by atoms with Crippen LogP contribution in [0.2, 0.25) is 0 Å². The van der Waals surface area contributed by atoms with E-state index >= 15 is 0 Å². The second-order valence-corrected chi connectivity index (χ2v) is 12.1. The molecule has 0 aliphatic rings. The molecule has 1 heterocycles. The molecule has 9 aromatic carbocycles. The molecule has 0 atom stereocenters. The van der Waals surface area contributed by atoms with Crippen LogP contribution in [0.3, 0.4) is 0 Å². The molecule has 0 fully saturated rings. The Balaban J connectivity index is 1.19. The quantitative estimate of drug-likeness (QED) is 0.176. The number of rotatable bonds is 4. The maximum absolute atomic E-state index is 9.46. The normalized spacial score (nSPS) is 14.2. The lowest BCUT2D eigenvalue weighted by atomic mass is 9.84.